The van der Waals surface area contributed by atoms with Crippen LogP contribution in [0.4, 0.5) is 0 Å². The van der Waals surface area contributed by atoms with Gasteiger partial charge in [0, 0.05) is 16.7 Å². The molecule has 4 heterocycles. The SMILES string of the molecule is C[C@H]1O[C@@H](O[C@H]2CC[C@]3(C)[C@H]4C=C[C@]56OC[C@@]7(CCC(C)(C)C[C@H]75)[C@@H](O)C[C@@]6(C)[C@]4(C)CC[C@H]3C2(C)C)[C@H](O[C@@H]2O[C@H](CO)[C@@H](O)[C@H](O)[C@H]2O)[C@@H](O[C@@H]2O[C@H](CO)[C@@H](O)[C@H](O)[C@H]2O)[C@H]1O. The van der Waals surface area contributed by atoms with Crippen LogP contribution in [0.25, 0.3) is 0 Å². The van der Waals surface area contributed by atoms with Crippen LogP contribution in [-0.4, -0.2) is 181 Å². The number of rotatable bonds is 8. The van der Waals surface area contributed by atoms with Crippen molar-refractivity contribution in [3.05, 3.63) is 12.2 Å². The molecule has 372 valence electrons. The maximum absolute atomic E-state index is 12.2. The quantitative estimate of drug-likeness (QED) is 0.118. The summed E-state index contributed by atoms with van der Waals surface area (Å²) in [6, 6.07) is 0. The zero-order valence-corrected chi connectivity index (χ0v) is 39.3. The first-order valence-corrected chi connectivity index (χ1v) is 24.3. The van der Waals surface area contributed by atoms with Gasteiger partial charge in [0.15, 0.2) is 18.9 Å². The minimum atomic E-state index is -1.84. The van der Waals surface area contributed by atoms with Crippen molar-refractivity contribution in [2.24, 2.45) is 50.2 Å². The summed E-state index contributed by atoms with van der Waals surface area (Å²) >= 11 is 0. The molecule has 4 aliphatic heterocycles. The molecule has 10 N–H and O–H groups in total. The maximum atomic E-state index is 12.2. The van der Waals surface area contributed by atoms with E-state index in [0.717, 1.165) is 38.5 Å². The summed E-state index contributed by atoms with van der Waals surface area (Å²) in [6.07, 6.45) is -12.5. The lowest BCUT2D eigenvalue weighted by atomic mass is 9.32. The van der Waals surface area contributed by atoms with Gasteiger partial charge in [-0.25, -0.2) is 0 Å². The molecule has 25 atom stereocenters. The fourth-order valence-corrected chi connectivity index (χ4v) is 15.7. The Kier molecular flexibility index (Phi) is 12.5. The number of hydrogen-bond donors (Lipinski definition) is 10. The van der Waals surface area contributed by atoms with Crippen LogP contribution < -0.4 is 0 Å². The van der Waals surface area contributed by atoms with Gasteiger partial charge < -0.3 is 84.2 Å². The molecule has 0 aromatic carbocycles. The van der Waals surface area contributed by atoms with Crippen molar-refractivity contribution in [1.82, 2.24) is 0 Å². The Morgan fingerprint density at radius 2 is 1.20 bits per heavy atom. The molecule has 4 saturated carbocycles. The molecule has 17 heteroatoms. The van der Waals surface area contributed by atoms with Gasteiger partial charge in [-0.05, 0) is 91.8 Å². The lowest BCUT2D eigenvalue weighted by Gasteiger charge is -2.73. The highest BCUT2D eigenvalue weighted by Gasteiger charge is 2.79. The summed E-state index contributed by atoms with van der Waals surface area (Å²) < 4.78 is 44.6. The molecule has 2 bridgehead atoms. The van der Waals surface area contributed by atoms with Gasteiger partial charge in [-0.1, -0.05) is 60.6 Å². The molecule has 1 spiro atoms. The molecule has 4 saturated heterocycles. The normalized spacial score (nSPS) is 58.0. The third kappa shape index (κ3) is 7.02. The van der Waals surface area contributed by atoms with E-state index in [-0.39, 0.29) is 44.8 Å². The number of allylic oxidation sites excluding steroid dienone is 1. The van der Waals surface area contributed by atoms with Crippen molar-refractivity contribution in [2.45, 2.75) is 217 Å². The first kappa shape index (κ1) is 49.1. The van der Waals surface area contributed by atoms with Gasteiger partial charge in [0.25, 0.3) is 0 Å². The average molecular weight is 927 g/mol. The molecule has 8 fully saturated rings. The van der Waals surface area contributed by atoms with Crippen LogP contribution in [0.5, 0.6) is 0 Å². The highest BCUT2D eigenvalue weighted by molar-refractivity contribution is 5.36. The molecule has 0 aromatic rings. The highest BCUT2D eigenvalue weighted by atomic mass is 16.8. The Balaban J connectivity index is 1.01. The molecular weight excluding hydrogens is 849 g/mol. The number of aliphatic hydroxyl groups excluding tert-OH is 10. The summed E-state index contributed by atoms with van der Waals surface area (Å²) in [5, 5.41) is 108. The van der Waals surface area contributed by atoms with Crippen LogP contribution in [0.1, 0.15) is 107 Å². The van der Waals surface area contributed by atoms with E-state index < -0.39 is 129 Å². The number of hydrogen-bond acceptors (Lipinski definition) is 17. The Morgan fingerprint density at radius 1 is 0.600 bits per heavy atom. The predicted molar refractivity (Wildman–Crippen MR) is 228 cm³/mol. The molecule has 0 radical (unpaired) electrons. The number of aliphatic hydroxyl groups is 10. The molecule has 5 aliphatic carbocycles. The smallest absolute Gasteiger partial charge is 0.187 e. The van der Waals surface area contributed by atoms with E-state index in [2.05, 4.69) is 60.6 Å². The van der Waals surface area contributed by atoms with Crippen LogP contribution in [0.15, 0.2) is 12.2 Å². The Bertz CT molecular complexity index is 1780. The molecule has 65 heavy (non-hydrogen) atoms. The monoisotopic (exact) mass is 927 g/mol. The van der Waals surface area contributed by atoms with E-state index in [1.54, 1.807) is 6.92 Å². The molecule has 0 amide bonds. The maximum Gasteiger partial charge on any atom is 0.187 e. The lowest BCUT2D eigenvalue weighted by Crippen LogP contribution is -2.72. The van der Waals surface area contributed by atoms with Crippen molar-refractivity contribution >= 4 is 0 Å². The van der Waals surface area contributed by atoms with E-state index in [0.29, 0.717) is 19.4 Å². The van der Waals surface area contributed by atoms with Crippen molar-refractivity contribution in [3.8, 4) is 0 Å². The first-order valence-electron chi connectivity index (χ1n) is 24.3. The van der Waals surface area contributed by atoms with Crippen molar-refractivity contribution in [1.29, 1.82) is 0 Å². The van der Waals surface area contributed by atoms with Crippen molar-refractivity contribution in [3.63, 3.8) is 0 Å². The zero-order valence-electron chi connectivity index (χ0n) is 39.3. The second kappa shape index (κ2) is 16.6. The van der Waals surface area contributed by atoms with E-state index in [4.69, 9.17) is 33.2 Å². The minimum absolute atomic E-state index is 0.150. The van der Waals surface area contributed by atoms with Gasteiger partial charge in [0.1, 0.15) is 67.1 Å². The third-order valence-electron chi connectivity index (χ3n) is 19.9. The average Bonchev–Trinajstić information content (AvgIpc) is 3.53. The van der Waals surface area contributed by atoms with E-state index in [1.165, 1.54) is 0 Å². The molecule has 9 rings (SSSR count). The fourth-order valence-electron chi connectivity index (χ4n) is 15.7. The summed E-state index contributed by atoms with van der Waals surface area (Å²) in [5.74, 6) is 0.554. The van der Waals surface area contributed by atoms with Gasteiger partial charge in [-0.3, -0.25) is 0 Å². The Hall–Kier alpha value is -0.940. The topological polar surface area (TPSA) is 267 Å². The lowest BCUT2D eigenvalue weighted by molar-refractivity contribution is -0.397. The molecule has 17 nitrogen and oxygen atoms in total. The second-order valence-corrected chi connectivity index (χ2v) is 23.9. The molecule has 0 aromatic heterocycles. The minimum Gasteiger partial charge on any atom is -0.394 e. The van der Waals surface area contributed by atoms with Crippen molar-refractivity contribution in [2.75, 3.05) is 19.8 Å². The summed E-state index contributed by atoms with van der Waals surface area (Å²) in [5.41, 5.74) is -1.70. The highest BCUT2D eigenvalue weighted by Crippen LogP contribution is 2.79. The third-order valence-corrected chi connectivity index (χ3v) is 19.9. The standard InChI is InChI=1S/C48H78O17/c1-22-30(52)37(64-39-35(57)33(55)31(53)23(19-49)61-39)38(65-40-36(58)34(56)32(54)24(20-50)62-40)41(60-22)63-29-11-12-44(6)25(43(29,4)5)9-13-45(7)26(44)10-14-48-27-17-42(2,3)15-16-47(27,21-59-48)28(51)18-46(45,48)8/h10,14,22-41,49-58H,9,11-13,15-21H2,1-8H3/t22-,23-,24-,25+,26-,27-,28+,29+,30+,31-,32-,33+,34+,35-,36-,37+,38-,39+,40+,41+,44+,45-,46+,47-,48+/m1/s1. The van der Waals surface area contributed by atoms with Crippen LogP contribution in [-0.2, 0) is 33.2 Å². The van der Waals surface area contributed by atoms with Crippen molar-refractivity contribution < 1.29 is 84.2 Å². The van der Waals surface area contributed by atoms with Crippen LogP contribution in [0, 0.1) is 50.2 Å². The van der Waals surface area contributed by atoms with Gasteiger partial charge in [0.2, 0.25) is 0 Å². The van der Waals surface area contributed by atoms with E-state index >= 15 is 0 Å². The second-order valence-electron chi connectivity index (χ2n) is 23.9. The molecular formula is C48H78O17. The van der Waals surface area contributed by atoms with Crippen LogP contribution in [0.3, 0.4) is 0 Å². The van der Waals surface area contributed by atoms with Crippen LogP contribution >= 0.6 is 0 Å². The van der Waals surface area contributed by atoms with E-state index in [1.807, 2.05) is 0 Å². The number of ether oxygens (including phenoxy) is 7. The fraction of sp³-hybridized carbons (Fsp3) is 0.958. The van der Waals surface area contributed by atoms with Gasteiger partial charge >= 0.3 is 0 Å². The summed E-state index contributed by atoms with van der Waals surface area (Å²) in [4.78, 5) is 0. The van der Waals surface area contributed by atoms with Gasteiger partial charge in [-0.2, -0.15) is 0 Å². The molecule has 9 aliphatic rings. The summed E-state index contributed by atoms with van der Waals surface area (Å²) in [7, 11) is 0. The predicted octanol–water partition coefficient (Wildman–Crippen LogP) is 0.629. The summed E-state index contributed by atoms with van der Waals surface area (Å²) in [6.45, 7) is 17.1. The largest absolute Gasteiger partial charge is 0.394 e. The Labute approximate surface area is 382 Å². The molecule has 0 unspecified atom stereocenters. The van der Waals surface area contributed by atoms with Gasteiger partial charge in [0.05, 0.1) is 43.7 Å². The first-order chi connectivity index (χ1) is 30.4. The van der Waals surface area contributed by atoms with Gasteiger partial charge in [-0.15, -0.1) is 0 Å². The zero-order chi connectivity index (χ0) is 47.2. The Morgan fingerprint density at radius 3 is 1.80 bits per heavy atom. The number of fused-ring (bicyclic) bond motifs is 4. The van der Waals surface area contributed by atoms with E-state index in [9.17, 15) is 51.1 Å². The van der Waals surface area contributed by atoms with Crippen LogP contribution in [0.2, 0.25) is 0 Å².